The van der Waals surface area contributed by atoms with Gasteiger partial charge in [0.25, 0.3) is 0 Å². The number of aliphatic imine (C=N–C) groups is 1. The van der Waals surface area contributed by atoms with Crippen molar-refractivity contribution in [2.75, 3.05) is 6.61 Å². The van der Waals surface area contributed by atoms with Crippen LogP contribution >= 0.6 is 15.9 Å². The van der Waals surface area contributed by atoms with Crippen molar-refractivity contribution >= 4 is 87.2 Å². The van der Waals surface area contributed by atoms with Crippen molar-refractivity contribution < 1.29 is 13.9 Å². The molecule has 0 saturated carbocycles. The minimum Gasteiger partial charge on any atom is -0.457 e. The predicted molar refractivity (Wildman–Crippen MR) is 342 cm³/mol. The SMILES string of the molecule is NC=CC(=NC1CCCCO1)c1ccccc1Br.O=c1c2ccccc2oc2ccc(-n3c4ccccc4c4ccccc43)cc12.c1ccc2c(c1)Oc1ccc(-n3c4ccccc4c4ccccc43)cc1C21c2ccccc2-c2ccnn21. The second kappa shape index (κ2) is 21.0. The van der Waals surface area contributed by atoms with Gasteiger partial charge in [0.05, 0.1) is 44.2 Å². The molecular formula is C73H53BrN6O4. The average Bonchev–Trinajstić information content (AvgIpc) is 1.54. The smallest absolute Gasteiger partial charge is 0.200 e. The van der Waals surface area contributed by atoms with E-state index >= 15 is 0 Å². The molecule has 0 amide bonds. The summed E-state index contributed by atoms with van der Waals surface area (Å²) < 4.78 is 25.9. The molecule has 4 aromatic heterocycles. The maximum Gasteiger partial charge on any atom is 0.200 e. The molecule has 10 nitrogen and oxygen atoms in total. The summed E-state index contributed by atoms with van der Waals surface area (Å²) in [4.78, 5) is 17.7. The highest BCUT2D eigenvalue weighted by Gasteiger charge is 2.52. The predicted octanol–water partition coefficient (Wildman–Crippen LogP) is 17.2. The first kappa shape index (κ1) is 50.9. The van der Waals surface area contributed by atoms with Crippen LogP contribution in [0, 0.1) is 0 Å². The zero-order chi connectivity index (χ0) is 56.3. The van der Waals surface area contributed by atoms with Crippen LogP contribution in [0.15, 0.2) is 274 Å². The number of hydrogen-bond donors (Lipinski definition) is 1. The first-order valence-corrected chi connectivity index (χ1v) is 29.1. The Kier molecular flexibility index (Phi) is 12.7. The molecule has 0 radical (unpaired) electrons. The molecule has 2 unspecified atom stereocenters. The fourth-order valence-corrected chi connectivity index (χ4v) is 13.3. The van der Waals surface area contributed by atoms with E-state index in [2.05, 4.69) is 186 Å². The number of nitrogens with zero attached hydrogens (tertiary/aromatic N) is 5. The van der Waals surface area contributed by atoms with E-state index in [4.69, 9.17) is 24.7 Å². The standard InChI is InChI=1S/C34H21N3O.C25H15NO2.C14H17BrN2O/c1-4-12-26-25(11-1)31-19-20-35-37(31)34(26)27-13-5-8-16-32(27)38-33-18-17-22(21-28(33)34)36-29-14-6-2-9-23(29)24-10-3-7-15-30(24)36;27-25-19-9-3-6-12-23(19)28-24-14-13-16(15-20(24)25)26-21-10-4-1-7-17(21)18-8-2-5-11-22(18)26;15-12-6-2-1-5-11(12)13(8-9-16)17-14-7-3-4-10-18-14/h1-21H;1-15H;1-2,5-6,8-9,14H,3-4,7,10,16H2. The minimum atomic E-state index is -0.631. The van der Waals surface area contributed by atoms with Gasteiger partial charge in [-0.25, -0.2) is 4.68 Å². The summed E-state index contributed by atoms with van der Waals surface area (Å²) in [5.74, 6) is 1.72. The van der Waals surface area contributed by atoms with E-state index in [0.717, 1.165) is 85.9 Å². The monoisotopic (exact) mass is 1160 g/mol. The van der Waals surface area contributed by atoms with E-state index < -0.39 is 5.54 Å². The molecule has 14 aromatic rings. The highest BCUT2D eigenvalue weighted by molar-refractivity contribution is 9.10. The van der Waals surface area contributed by atoms with Crippen molar-refractivity contribution in [3.8, 4) is 34.1 Å². The lowest BCUT2D eigenvalue weighted by Gasteiger charge is -2.39. The zero-order valence-corrected chi connectivity index (χ0v) is 47.1. The number of ether oxygens (including phenoxy) is 2. The first-order valence-electron chi connectivity index (χ1n) is 28.3. The zero-order valence-electron chi connectivity index (χ0n) is 45.5. The fourth-order valence-electron chi connectivity index (χ4n) is 12.9. The van der Waals surface area contributed by atoms with Crippen LogP contribution in [0.25, 0.3) is 88.2 Å². The third-order valence-corrected chi connectivity index (χ3v) is 17.2. The number of aromatic nitrogens is 4. The Morgan fingerprint density at radius 1 is 0.560 bits per heavy atom. The molecule has 11 heteroatoms. The minimum absolute atomic E-state index is 0.000493. The normalized spacial score (nSPS) is 16.1. The lowest BCUT2D eigenvalue weighted by atomic mass is 9.75. The number of nitrogens with two attached hydrogens (primary N) is 1. The number of para-hydroxylation sites is 6. The second-order valence-corrected chi connectivity index (χ2v) is 22.0. The lowest BCUT2D eigenvalue weighted by molar-refractivity contribution is 0.0224. The first-order chi connectivity index (χ1) is 41.5. The van der Waals surface area contributed by atoms with Crippen LogP contribution in [0.4, 0.5) is 0 Å². The molecule has 3 aliphatic heterocycles. The topological polar surface area (TPSA) is 115 Å². The van der Waals surface area contributed by atoms with Crippen LogP contribution in [0.3, 0.4) is 0 Å². The van der Waals surface area contributed by atoms with E-state index in [1.807, 2.05) is 97.2 Å². The van der Waals surface area contributed by atoms with Crippen LogP contribution in [0.2, 0.25) is 0 Å². The Balaban J connectivity index is 0.000000115. The molecule has 1 saturated heterocycles. The molecule has 3 aliphatic rings. The molecule has 0 bridgehead atoms. The molecule has 2 atom stereocenters. The number of rotatable bonds is 5. The maximum atomic E-state index is 13.1. The number of allylic oxidation sites excluding steroid dienone is 1. The van der Waals surface area contributed by atoms with Gasteiger partial charge >= 0.3 is 0 Å². The number of hydrogen-bond acceptors (Lipinski definition) is 7. The molecule has 1 fully saturated rings. The van der Waals surface area contributed by atoms with E-state index in [1.54, 1.807) is 0 Å². The summed E-state index contributed by atoms with van der Waals surface area (Å²) in [6, 6.07) is 80.9. The number of fused-ring (bicyclic) bond motifs is 17. The van der Waals surface area contributed by atoms with E-state index in [0.29, 0.717) is 21.9 Å². The Hall–Kier alpha value is -10.1. The van der Waals surface area contributed by atoms with Gasteiger partial charge in [0, 0.05) is 72.4 Å². The number of benzene rings is 10. The lowest BCUT2D eigenvalue weighted by Crippen LogP contribution is -2.38. The van der Waals surface area contributed by atoms with Crippen LogP contribution in [0.1, 0.15) is 41.5 Å². The average molecular weight is 1160 g/mol. The van der Waals surface area contributed by atoms with E-state index in [-0.39, 0.29) is 11.7 Å². The van der Waals surface area contributed by atoms with Gasteiger partial charge in [-0.15, -0.1) is 0 Å². The summed E-state index contributed by atoms with van der Waals surface area (Å²) in [7, 11) is 0. The van der Waals surface area contributed by atoms with Gasteiger partial charge in [-0.1, -0.05) is 162 Å². The highest BCUT2D eigenvalue weighted by Crippen LogP contribution is 2.58. The summed E-state index contributed by atoms with van der Waals surface area (Å²) in [5.41, 5.74) is 20.4. The molecular weight excluding hydrogens is 1100 g/mol. The van der Waals surface area contributed by atoms with Gasteiger partial charge < -0.3 is 28.8 Å². The van der Waals surface area contributed by atoms with Crippen LogP contribution in [-0.4, -0.2) is 37.5 Å². The van der Waals surface area contributed by atoms with E-state index in [9.17, 15) is 4.79 Å². The molecule has 0 aliphatic carbocycles. The van der Waals surface area contributed by atoms with Crippen molar-refractivity contribution in [2.45, 2.75) is 31.0 Å². The van der Waals surface area contributed by atoms with Gasteiger partial charge in [-0.05, 0) is 128 Å². The van der Waals surface area contributed by atoms with Crippen molar-refractivity contribution in [3.63, 3.8) is 0 Å². The van der Waals surface area contributed by atoms with E-state index in [1.165, 1.54) is 56.3 Å². The Bertz CT molecular complexity index is 4920. The van der Waals surface area contributed by atoms with Gasteiger partial charge in [0.2, 0.25) is 5.43 Å². The quantitative estimate of drug-likeness (QED) is 0.136. The summed E-state index contributed by atoms with van der Waals surface area (Å²) >= 11 is 3.54. The molecule has 7 heterocycles. The second-order valence-electron chi connectivity index (χ2n) is 21.2. The van der Waals surface area contributed by atoms with Crippen LogP contribution in [0.5, 0.6) is 11.5 Å². The molecule has 2 N–H and O–H groups in total. The van der Waals surface area contributed by atoms with Crippen molar-refractivity contribution in [3.05, 3.63) is 292 Å². The third-order valence-electron chi connectivity index (χ3n) is 16.5. The molecule has 84 heavy (non-hydrogen) atoms. The van der Waals surface area contributed by atoms with Gasteiger partial charge in [0.1, 0.15) is 34.4 Å². The molecule has 10 aromatic carbocycles. The van der Waals surface area contributed by atoms with Crippen LogP contribution < -0.4 is 15.9 Å². The molecule has 17 rings (SSSR count). The number of halogens is 1. The summed E-state index contributed by atoms with van der Waals surface area (Å²) in [6.45, 7) is 0.795. The maximum absolute atomic E-state index is 13.1. The Morgan fingerprint density at radius 3 is 1.79 bits per heavy atom. The van der Waals surface area contributed by atoms with Crippen molar-refractivity contribution in [1.82, 2.24) is 18.9 Å². The van der Waals surface area contributed by atoms with Gasteiger partial charge in [-0.3, -0.25) is 9.79 Å². The third kappa shape index (κ3) is 8.29. The molecule has 406 valence electrons. The molecule has 1 spiro atoms. The van der Waals surface area contributed by atoms with Crippen molar-refractivity contribution in [1.29, 1.82) is 0 Å². The summed E-state index contributed by atoms with van der Waals surface area (Å²) in [5, 5.41) is 11.0. The van der Waals surface area contributed by atoms with Crippen molar-refractivity contribution in [2.24, 2.45) is 10.7 Å². The van der Waals surface area contributed by atoms with Crippen LogP contribution in [-0.2, 0) is 10.3 Å². The largest absolute Gasteiger partial charge is 0.457 e. The summed E-state index contributed by atoms with van der Waals surface area (Å²) in [6.07, 6.45) is 8.47. The Morgan fingerprint density at radius 2 is 1.12 bits per heavy atom. The highest BCUT2D eigenvalue weighted by atomic mass is 79.9. The fraction of sp³-hybridized carbons (Fsp3) is 0.0822. The van der Waals surface area contributed by atoms with Gasteiger partial charge in [-0.2, -0.15) is 5.10 Å². The van der Waals surface area contributed by atoms with Gasteiger partial charge in [0.15, 0.2) is 0 Å². The Labute approximate surface area is 491 Å².